The van der Waals surface area contributed by atoms with E-state index in [1.54, 1.807) is 7.05 Å². The Morgan fingerprint density at radius 1 is 1.27 bits per heavy atom. The van der Waals surface area contributed by atoms with E-state index >= 15 is 0 Å². The Labute approximate surface area is 147 Å². The number of likely N-dealkylation sites (N-methyl/N-ethyl adjacent to an activating group) is 1. The lowest BCUT2D eigenvalue weighted by atomic mass is 10.0. The Morgan fingerprint density at radius 2 is 1.86 bits per heavy atom. The minimum atomic E-state index is 0. The van der Waals surface area contributed by atoms with Gasteiger partial charge in [0.1, 0.15) is 0 Å². The van der Waals surface area contributed by atoms with Crippen molar-refractivity contribution >= 4 is 41.5 Å². The Morgan fingerprint density at radius 3 is 2.41 bits per heavy atom. The molecule has 2 N–H and O–H groups in total. The molecular formula is C15H22Cl3N3O. The SMILES string of the molecule is CNC(=O)CN1CCC(NCc2c(Cl)cccc2Cl)CC1.Cl. The van der Waals surface area contributed by atoms with Gasteiger partial charge in [-0.05, 0) is 25.0 Å². The molecule has 0 aliphatic carbocycles. The first-order valence-corrected chi connectivity index (χ1v) is 7.95. The molecule has 1 heterocycles. The van der Waals surface area contributed by atoms with Crippen LogP contribution in [0.1, 0.15) is 18.4 Å². The van der Waals surface area contributed by atoms with Crippen LogP contribution in [0.4, 0.5) is 0 Å². The van der Waals surface area contributed by atoms with E-state index in [2.05, 4.69) is 15.5 Å². The summed E-state index contributed by atoms with van der Waals surface area (Å²) in [7, 11) is 1.67. The molecule has 0 aromatic heterocycles. The largest absolute Gasteiger partial charge is 0.358 e. The molecule has 4 nitrogen and oxygen atoms in total. The van der Waals surface area contributed by atoms with Crippen LogP contribution in [0.5, 0.6) is 0 Å². The molecule has 2 rings (SSSR count). The number of carbonyl (C=O) groups excluding carboxylic acids is 1. The fourth-order valence-corrected chi connectivity index (χ4v) is 3.06. The first kappa shape index (κ1) is 19.5. The summed E-state index contributed by atoms with van der Waals surface area (Å²) in [4.78, 5) is 13.5. The number of rotatable bonds is 5. The zero-order valence-electron chi connectivity index (χ0n) is 12.6. The maximum atomic E-state index is 11.3. The summed E-state index contributed by atoms with van der Waals surface area (Å²) in [5.74, 6) is 0.0734. The first-order chi connectivity index (χ1) is 10.1. The zero-order chi connectivity index (χ0) is 15.2. The van der Waals surface area contributed by atoms with Gasteiger partial charge in [0, 0.05) is 48.3 Å². The van der Waals surface area contributed by atoms with Crippen LogP contribution in [0.25, 0.3) is 0 Å². The van der Waals surface area contributed by atoms with Gasteiger partial charge in [-0.25, -0.2) is 0 Å². The van der Waals surface area contributed by atoms with Crippen molar-refractivity contribution in [1.29, 1.82) is 0 Å². The van der Waals surface area contributed by atoms with Crippen molar-refractivity contribution in [2.75, 3.05) is 26.7 Å². The van der Waals surface area contributed by atoms with Crippen LogP contribution >= 0.6 is 35.6 Å². The molecule has 7 heteroatoms. The van der Waals surface area contributed by atoms with E-state index in [9.17, 15) is 4.79 Å². The average Bonchev–Trinajstić information content (AvgIpc) is 2.48. The minimum absolute atomic E-state index is 0. The van der Waals surface area contributed by atoms with E-state index in [0.717, 1.165) is 31.5 Å². The van der Waals surface area contributed by atoms with E-state index in [4.69, 9.17) is 23.2 Å². The van der Waals surface area contributed by atoms with Crippen molar-refractivity contribution in [2.45, 2.75) is 25.4 Å². The molecule has 0 bridgehead atoms. The van der Waals surface area contributed by atoms with E-state index < -0.39 is 0 Å². The Bertz CT molecular complexity index is 471. The number of piperidine rings is 1. The van der Waals surface area contributed by atoms with Gasteiger partial charge in [-0.3, -0.25) is 9.69 Å². The number of nitrogens with zero attached hydrogens (tertiary/aromatic N) is 1. The number of hydrogen-bond donors (Lipinski definition) is 2. The Kier molecular flexibility index (Phi) is 8.50. The molecule has 0 unspecified atom stereocenters. The van der Waals surface area contributed by atoms with Crippen LogP contribution in [-0.4, -0.2) is 43.5 Å². The van der Waals surface area contributed by atoms with Gasteiger partial charge >= 0.3 is 0 Å². The lowest BCUT2D eigenvalue weighted by Crippen LogP contribution is -2.45. The highest BCUT2D eigenvalue weighted by Gasteiger charge is 2.20. The van der Waals surface area contributed by atoms with Crippen molar-refractivity contribution in [3.8, 4) is 0 Å². The molecule has 0 radical (unpaired) electrons. The van der Waals surface area contributed by atoms with Gasteiger partial charge < -0.3 is 10.6 Å². The highest BCUT2D eigenvalue weighted by Crippen LogP contribution is 2.24. The summed E-state index contributed by atoms with van der Waals surface area (Å²) >= 11 is 12.3. The number of benzene rings is 1. The summed E-state index contributed by atoms with van der Waals surface area (Å²) in [6.07, 6.45) is 2.05. The number of amides is 1. The molecule has 0 atom stereocenters. The molecule has 1 aliphatic heterocycles. The zero-order valence-corrected chi connectivity index (χ0v) is 14.9. The van der Waals surface area contributed by atoms with Gasteiger partial charge in [0.05, 0.1) is 6.54 Å². The van der Waals surface area contributed by atoms with E-state index in [-0.39, 0.29) is 18.3 Å². The second-order valence-electron chi connectivity index (χ2n) is 5.30. The minimum Gasteiger partial charge on any atom is -0.358 e. The predicted octanol–water partition coefficient (Wildman–Crippen LogP) is 2.72. The number of halogens is 3. The highest BCUT2D eigenvalue weighted by atomic mass is 35.5. The summed E-state index contributed by atoms with van der Waals surface area (Å²) in [5.41, 5.74) is 0.952. The monoisotopic (exact) mass is 365 g/mol. The smallest absolute Gasteiger partial charge is 0.233 e. The third-order valence-electron chi connectivity index (χ3n) is 3.86. The molecule has 0 saturated carbocycles. The third-order valence-corrected chi connectivity index (χ3v) is 4.57. The lowest BCUT2D eigenvalue weighted by molar-refractivity contribution is -0.122. The molecule has 22 heavy (non-hydrogen) atoms. The fraction of sp³-hybridized carbons (Fsp3) is 0.533. The molecule has 1 aromatic rings. The van der Waals surface area contributed by atoms with E-state index in [1.807, 2.05) is 18.2 Å². The van der Waals surface area contributed by atoms with Gasteiger partial charge in [-0.2, -0.15) is 0 Å². The summed E-state index contributed by atoms with van der Waals surface area (Å²) in [6.45, 7) is 3.03. The Hall–Kier alpha value is -0.520. The summed E-state index contributed by atoms with van der Waals surface area (Å²) in [6, 6.07) is 6.01. The quantitative estimate of drug-likeness (QED) is 0.842. The van der Waals surface area contributed by atoms with Crippen molar-refractivity contribution in [3.63, 3.8) is 0 Å². The Balaban J connectivity index is 0.00000242. The van der Waals surface area contributed by atoms with E-state index in [0.29, 0.717) is 29.2 Å². The molecular weight excluding hydrogens is 345 g/mol. The van der Waals surface area contributed by atoms with Crippen LogP contribution in [0, 0.1) is 0 Å². The van der Waals surface area contributed by atoms with Crippen molar-refractivity contribution in [3.05, 3.63) is 33.8 Å². The van der Waals surface area contributed by atoms with Gasteiger partial charge in [0.25, 0.3) is 0 Å². The summed E-state index contributed by atoms with van der Waals surface area (Å²) in [5, 5.41) is 7.57. The summed E-state index contributed by atoms with van der Waals surface area (Å²) < 4.78 is 0. The molecule has 0 spiro atoms. The second kappa shape index (κ2) is 9.58. The molecule has 124 valence electrons. The number of carbonyl (C=O) groups is 1. The molecule has 1 amide bonds. The van der Waals surface area contributed by atoms with Gasteiger partial charge in [-0.15, -0.1) is 12.4 Å². The lowest BCUT2D eigenvalue weighted by Gasteiger charge is -2.32. The number of hydrogen-bond acceptors (Lipinski definition) is 3. The number of likely N-dealkylation sites (tertiary alicyclic amines) is 1. The van der Waals surface area contributed by atoms with Crippen molar-refractivity contribution in [1.82, 2.24) is 15.5 Å². The van der Waals surface area contributed by atoms with E-state index in [1.165, 1.54) is 0 Å². The van der Waals surface area contributed by atoms with Crippen LogP contribution in [0.15, 0.2) is 18.2 Å². The topological polar surface area (TPSA) is 44.4 Å². The van der Waals surface area contributed by atoms with Crippen LogP contribution in [0.3, 0.4) is 0 Å². The van der Waals surface area contributed by atoms with Crippen LogP contribution in [-0.2, 0) is 11.3 Å². The van der Waals surface area contributed by atoms with Gasteiger partial charge in [0.15, 0.2) is 0 Å². The predicted molar refractivity (Wildman–Crippen MR) is 94.1 cm³/mol. The van der Waals surface area contributed by atoms with Crippen molar-refractivity contribution in [2.24, 2.45) is 0 Å². The van der Waals surface area contributed by atoms with Gasteiger partial charge in [-0.1, -0.05) is 29.3 Å². The van der Waals surface area contributed by atoms with Crippen LogP contribution in [0.2, 0.25) is 10.0 Å². The third kappa shape index (κ3) is 5.60. The van der Waals surface area contributed by atoms with Gasteiger partial charge in [0.2, 0.25) is 5.91 Å². The number of nitrogens with one attached hydrogen (secondary N) is 2. The molecule has 1 aliphatic rings. The maximum Gasteiger partial charge on any atom is 0.233 e. The molecule has 1 saturated heterocycles. The second-order valence-corrected chi connectivity index (χ2v) is 6.12. The standard InChI is InChI=1S/C15H21Cl2N3O.ClH/c1-18-15(21)10-20-7-5-11(6-8-20)19-9-12-13(16)3-2-4-14(12)17;/h2-4,11,19H,5-10H2,1H3,(H,18,21);1H. The average molecular weight is 367 g/mol. The molecule has 1 fully saturated rings. The van der Waals surface area contributed by atoms with Crippen molar-refractivity contribution < 1.29 is 4.79 Å². The fourth-order valence-electron chi connectivity index (χ4n) is 2.52. The highest BCUT2D eigenvalue weighted by molar-refractivity contribution is 6.35. The van der Waals surface area contributed by atoms with Crippen LogP contribution < -0.4 is 10.6 Å². The maximum absolute atomic E-state index is 11.3. The molecule has 1 aromatic carbocycles. The first-order valence-electron chi connectivity index (χ1n) is 7.19. The normalized spacial score (nSPS) is 16.1.